The predicted molar refractivity (Wildman–Crippen MR) is 132 cm³/mol. The molecule has 0 aliphatic heterocycles. The number of rotatable bonds is 7. The van der Waals surface area contributed by atoms with E-state index in [0.29, 0.717) is 42.4 Å². The summed E-state index contributed by atoms with van der Waals surface area (Å²) in [6.07, 6.45) is 8.85. The summed E-state index contributed by atoms with van der Waals surface area (Å²) in [5, 5.41) is 24.4. The fraction of sp³-hybridized carbons (Fsp3) is 0.962. The smallest absolute Gasteiger partial charge is 0.748 e. The largest absolute Gasteiger partial charge is 1.00 e. The number of aliphatic hydroxyl groups excluding tert-OH is 2. The second-order valence-corrected chi connectivity index (χ2v) is 14.0. The Bertz CT molecular complexity index is 872. The zero-order valence-electron chi connectivity index (χ0n) is 22.5. The molecule has 0 aromatic heterocycles. The SMILES string of the molecule is C[C@H](CCC(=O)NCCS(=O)(=O)[O-])[C@H]1CC[C@H]2[C@@H]3CCC4C[C@H](O)CC[C@]4(C)[C@H]3C[C@H](O)[C@]12C.O.[Na+]. The summed E-state index contributed by atoms with van der Waals surface area (Å²) in [6.45, 7) is 6.78. The summed E-state index contributed by atoms with van der Waals surface area (Å²) in [4.78, 5) is 12.2. The van der Waals surface area contributed by atoms with Crippen molar-refractivity contribution in [1.29, 1.82) is 0 Å². The molecule has 1 amide bonds. The van der Waals surface area contributed by atoms with Crippen molar-refractivity contribution in [2.75, 3.05) is 12.3 Å². The first-order chi connectivity index (χ1) is 15.9. The maximum Gasteiger partial charge on any atom is 1.00 e. The van der Waals surface area contributed by atoms with Gasteiger partial charge in [-0.25, -0.2) is 8.42 Å². The number of nitrogens with one attached hydrogen (secondary N) is 1. The van der Waals surface area contributed by atoms with E-state index in [4.69, 9.17) is 0 Å². The summed E-state index contributed by atoms with van der Waals surface area (Å²) >= 11 is 0. The van der Waals surface area contributed by atoms with Gasteiger partial charge in [0, 0.05) is 13.0 Å². The predicted octanol–water partition coefficient (Wildman–Crippen LogP) is -0.766. The minimum atomic E-state index is -4.32. The van der Waals surface area contributed by atoms with Crippen LogP contribution in [0.3, 0.4) is 0 Å². The monoisotopic (exact) mass is 539 g/mol. The summed E-state index contributed by atoms with van der Waals surface area (Å²) < 4.78 is 32.2. The molecule has 0 aromatic carbocycles. The fourth-order valence-electron chi connectivity index (χ4n) is 9.12. The molecule has 0 spiro atoms. The van der Waals surface area contributed by atoms with E-state index in [1.807, 2.05) is 0 Å². The van der Waals surface area contributed by atoms with E-state index in [-0.39, 0.29) is 76.4 Å². The van der Waals surface area contributed by atoms with Crippen LogP contribution >= 0.6 is 0 Å². The van der Waals surface area contributed by atoms with Gasteiger partial charge in [0.1, 0.15) is 0 Å². The average Bonchev–Trinajstić information content (AvgIpc) is 3.11. The zero-order chi connectivity index (χ0) is 24.9. The molecule has 4 aliphatic carbocycles. The third kappa shape index (κ3) is 6.19. The van der Waals surface area contributed by atoms with Gasteiger partial charge in [-0.05, 0) is 104 Å². The van der Waals surface area contributed by atoms with Gasteiger partial charge in [-0.2, -0.15) is 0 Å². The normalized spacial score (nSPS) is 42.6. The number of amides is 1. The van der Waals surface area contributed by atoms with Crippen molar-refractivity contribution >= 4 is 16.0 Å². The third-order valence-electron chi connectivity index (χ3n) is 11.0. The number of aliphatic hydroxyl groups is 2. The van der Waals surface area contributed by atoms with Gasteiger partial charge in [-0.15, -0.1) is 0 Å². The molecular formula is C26H46NNaO7S. The average molecular weight is 540 g/mol. The summed E-state index contributed by atoms with van der Waals surface area (Å²) in [7, 11) is -4.32. The summed E-state index contributed by atoms with van der Waals surface area (Å²) in [6, 6.07) is 0. The number of hydrogen-bond acceptors (Lipinski definition) is 6. The molecule has 8 nitrogen and oxygen atoms in total. The quantitative estimate of drug-likeness (QED) is 0.285. The second-order valence-electron chi connectivity index (χ2n) is 12.5. The first kappa shape index (κ1) is 32.5. The van der Waals surface area contributed by atoms with Crippen LogP contribution in [0.2, 0.25) is 0 Å². The van der Waals surface area contributed by atoms with Gasteiger partial charge in [0.25, 0.3) is 0 Å². The van der Waals surface area contributed by atoms with Gasteiger partial charge in [0.05, 0.1) is 28.1 Å². The van der Waals surface area contributed by atoms with Crippen molar-refractivity contribution in [2.45, 2.75) is 97.2 Å². The molecule has 4 rings (SSSR count). The Morgan fingerprint density at radius 2 is 1.78 bits per heavy atom. The Hall–Kier alpha value is 0.260. The van der Waals surface area contributed by atoms with Crippen LogP contribution in [0, 0.1) is 46.3 Å². The van der Waals surface area contributed by atoms with Crippen LogP contribution in [0.1, 0.15) is 85.0 Å². The minimum absolute atomic E-state index is 0. The number of fused-ring (bicyclic) bond motifs is 5. The Morgan fingerprint density at radius 3 is 2.44 bits per heavy atom. The molecule has 0 heterocycles. The third-order valence-corrected chi connectivity index (χ3v) is 11.7. The number of carbonyl (C=O) groups excluding carboxylic acids is 1. The van der Waals surface area contributed by atoms with Crippen molar-refractivity contribution < 1.29 is 63.0 Å². The molecule has 10 heteroatoms. The van der Waals surface area contributed by atoms with E-state index in [1.165, 1.54) is 12.8 Å². The van der Waals surface area contributed by atoms with Crippen LogP contribution in [-0.2, 0) is 14.9 Å². The molecule has 5 N–H and O–H groups in total. The molecule has 1 unspecified atom stereocenters. The van der Waals surface area contributed by atoms with Crippen LogP contribution < -0.4 is 34.9 Å². The Balaban J connectivity index is 0.00000228. The van der Waals surface area contributed by atoms with Crippen molar-refractivity contribution in [3.8, 4) is 0 Å². The van der Waals surface area contributed by atoms with Gasteiger partial charge >= 0.3 is 29.6 Å². The van der Waals surface area contributed by atoms with Crippen LogP contribution in [0.4, 0.5) is 0 Å². The Morgan fingerprint density at radius 1 is 1.08 bits per heavy atom. The van der Waals surface area contributed by atoms with E-state index in [1.54, 1.807) is 0 Å². The van der Waals surface area contributed by atoms with Crippen molar-refractivity contribution in [2.24, 2.45) is 46.3 Å². The molecule has 10 atom stereocenters. The van der Waals surface area contributed by atoms with Gasteiger partial charge in [0.2, 0.25) is 5.91 Å². The van der Waals surface area contributed by atoms with Crippen molar-refractivity contribution in [3.63, 3.8) is 0 Å². The second kappa shape index (κ2) is 12.2. The van der Waals surface area contributed by atoms with Crippen LogP contribution in [0.25, 0.3) is 0 Å². The first-order valence-corrected chi connectivity index (χ1v) is 15.0. The molecule has 4 saturated carbocycles. The molecule has 0 saturated heterocycles. The summed E-state index contributed by atoms with van der Waals surface area (Å²) in [5.41, 5.74) is 0.0922. The number of hydrogen-bond donors (Lipinski definition) is 3. The summed E-state index contributed by atoms with van der Waals surface area (Å²) in [5.74, 6) is 2.10. The van der Waals surface area contributed by atoms with Gasteiger partial charge < -0.3 is 25.6 Å². The minimum Gasteiger partial charge on any atom is -0.748 e. The van der Waals surface area contributed by atoms with Crippen molar-refractivity contribution in [1.82, 2.24) is 5.32 Å². The van der Waals surface area contributed by atoms with Gasteiger partial charge in [-0.3, -0.25) is 4.79 Å². The topological polar surface area (TPSA) is 158 Å². The van der Waals surface area contributed by atoms with E-state index < -0.39 is 15.9 Å². The maximum absolute atomic E-state index is 12.2. The molecule has 4 aliphatic rings. The van der Waals surface area contributed by atoms with Crippen molar-refractivity contribution in [3.05, 3.63) is 0 Å². The van der Waals surface area contributed by atoms with E-state index in [2.05, 4.69) is 26.1 Å². The van der Waals surface area contributed by atoms with Crippen LogP contribution in [0.15, 0.2) is 0 Å². The molecule has 0 radical (unpaired) electrons. The van der Waals surface area contributed by atoms with E-state index in [9.17, 15) is 28.0 Å². The molecule has 0 bridgehead atoms. The Labute approximate surface area is 239 Å². The number of carbonyl (C=O) groups is 1. The van der Waals surface area contributed by atoms with Crippen LogP contribution in [-0.4, -0.2) is 59.1 Å². The maximum atomic E-state index is 12.2. The molecular weight excluding hydrogens is 493 g/mol. The fourth-order valence-corrected chi connectivity index (χ4v) is 9.48. The van der Waals surface area contributed by atoms with Crippen LogP contribution in [0.5, 0.6) is 0 Å². The van der Waals surface area contributed by atoms with Gasteiger partial charge in [0.15, 0.2) is 0 Å². The molecule has 204 valence electrons. The standard InChI is InChI=1S/C26H45NO6S.Na.H2O/c1-16(4-9-24(30)27-12-13-34(31,32)33)20-7-8-21-19-6-5-17-14-18(28)10-11-25(17,2)22(19)15-23(29)26(20,21)3;;/h16-23,28-29H,4-15H2,1-3H3,(H,27,30)(H,31,32,33);;1H2/q;+1;/p-1/t16-,17?,18-,19+,20-,21+,22+,23+,25+,26-;;/m1../s1. The zero-order valence-corrected chi connectivity index (χ0v) is 25.4. The molecule has 36 heavy (non-hydrogen) atoms. The van der Waals surface area contributed by atoms with Gasteiger partial charge in [-0.1, -0.05) is 20.8 Å². The van der Waals surface area contributed by atoms with E-state index >= 15 is 0 Å². The first-order valence-electron chi connectivity index (χ1n) is 13.4. The van der Waals surface area contributed by atoms with E-state index in [0.717, 1.165) is 38.5 Å². The molecule has 0 aromatic rings. The Kier molecular flexibility index (Phi) is 11.0. The molecule has 4 fully saturated rings.